The Balaban J connectivity index is 2.34. The van der Waals surface area contributed by atoms with E-state index in [0.717, 1.165) is 18.6 Å². The Morgan fingerprint density at radius 3 is 2.36 bits per heavy atom. The molecule has 0 aliphatic rings. The third kappa shape index (κ3) is 5.55. The smallest absolute Gasteiger partial charge is 0.314 e. The highest BCUT2D eigenvalue weighted by Gasteiger charge is 2.13. The van der Waals surface area contributed by atoms with Crippen molar-refractivity contribution in [2.24, 2.45) is 5.92 Å². The first-order valence-electron chi connectivity index (χ1n) is 7.18. The largest absolute Gasteiger partial charge is 0.391 e. The number of hydrogen-bond donors (Lipinski definition) is 3. The molecule has 0 bridgehead atoms. The van der Waals surface area contributed by atoms with E-state index in [9.17, 15) is 23.1 Å². The molecule has 1 aromatic rings. The number of rotatable bonds is 7. The number of carbonyl (C=O) groups is 1. The molecule has 0 fully saturated rings. The Labute approximate surface area is 127 Å². The van der Waals surface area contributed by atoms with Gasteiger partial charge in [-0.2, -0.15) is 0 Å². The molecule has 0 radical (unpaired) electrons. The normalized spacial score (nSPS) is 13.5. The lowest BCUT2D eigenvalue weighted by atomic mass is 10.0. The van der Waals surface area contributed by atoms with Gasteiger partial charge in [0.05, 0.1) is 6.10 Å². The van der Waals surface area contributed by atoms with Gasteiger partial charge in [-0.1, -0.05) is 20.3 Å². The van der Waals surface area contributed by atoms with Gasteiger partial charge in [0, 0.05) is 13.1 Å². The number of halogens is 3. The highest BCUT2D eigenvalue weighted by molar-refractivity contribution is 5.73. The van der Waals surface area contributed by atoms with E-state index in [2.05, 4.69) is 10.6 Å². The van der Waals surface area contributed by atoms with Crippen molar-refractivity contribution in [2.75, 3.05) is 13.1 Å². The van der Waals surface area contributed by atoms with Crippen molar-refractivity contribution in [1.82, 2.24) is 10.6 Å². The number of benzene rings is 1. The van der Waals surface area contributed by atoms with Crippen LogP contribution < -0.4 is 10.6 Å². The molecule has 1 aromatic carbocycles. The lowest BCUT2D eigenvalue weighted by Gasteiger charge is -2.17. The number of carbonyl (C=O) groups excluding carboxylic acids is 1. The number of aliphatic hydroxyl groups excluding tert-OH is 1. The van der Waals surface area contributed by atoms with E-state index in [1.165, 1.54) is 0 Å². The molecule has 0 saturated carbocycles. The summed E-state index contributed by atoms with van der Waals surface area (Å²) in [7, 11) is 0. The minimum absolute atomic E-state index is 0.0745. The summed E-state index contributed by atoms with van der Waals surface area (Å²) in [6, 6.07) is 1.31. The number of urea groups is 1. The van der Waals surface area contributed by atoms with E-state index < -0.39 is 29.6 Å². The molecule has 0 aliphatic carbocycles. The quantitative estimate of drug-likeness (QED) is 0.676. The number of amides is 2. The van der Waals surface area contributed by atoms with E-state index in [-0.39, 0.29) is 31.0 Å². The van der Waals surface area contributed by atoms with Gasteiger partial charge in [0.1, 0.15) is 0 Å². The van der Waals surface area contributed by atoms with Gasteiger partial charge in [-0.05, 0) is 30.0 Å². The Hall–Kier alpha value is -1.76. The maximum atomic E-state index is 13.0. The van der Waals surface area contributed by atoms with Crippen LogP contribution in [-0.2, 0) is 6.42 Å². The maximum absolute atomic E-state index is 13.0. The zero-order valence-corrected chi connectivity index (χ0v) is 12.6. The van der Waals surface area contributed by atoms with Crippen LogP contribution in [-0.4, -0.2) is 30.3 Å². The second-order valence-electron chi connectivity index (χ2n) is 5.21. The first-order chi connectivity index (χ1) is 10.3. The summed E-state index contributed by atoms with van der Waals surface area (Å²) in [5.74, 6) is -3.94. The van der Waals surface area contributed by atoms with Crippen LogP contribution >= 0.6 is 0 Å². The Morgan fingerprint density at radius 2 is 1.82 bits per heavy atom. The fraction of sp³-hybridized carbons (Fsp3) is 0.533. The predicted molar refractivity (Wildman–Crippen MR) is 76.9 cm³/mol. The van der Waals surface area contributed by atoms with Crippen LogP contribution in [0.25, 0.3) is 0 Å². The lowest BCUT2D eigenvalue weighted by molar-refractivity contribution is 0.114. The van der Waals surface area contributed by atoms with Crippen LogP contribution in [0.4, 0.5) is 18.0 Å². The molecule has 0 saturated heterocycles. The van der Waals surface area contributed by atoms with Crippen molar-refractivity contribution in [1.29, 1.82) is 0 Å². The number of nitrogens with one attached hydrogen (secondary N) is 2. The molecule has 3 N–H and O–H groups in total. The van der Waals surface area contributed by atoms with Crippen molar-refractivity contribution in [3.05, 3.63) is 35.1 Å². The molecule has 22 heavy (non-hydrogen) atoms. The Morgan fingerprint density at radius 1 is 1.23 bits per heavy atom. The molecule has 0 heterocycles. The molecule has 7 heteroatoms. The molecule has 2 amide bonds. The van der Waals surface area contributed by atoms with Crippen molar-refractivity contribution in [3.8, 4) is 0 Å². The zero-order chi connectivity index (χ0) is 16.7. The van der Waals surface area contributed by atoms with Gasteiger partial charge in [-0.15, -0.1) is 0 Å². The van der Waals surface area contributed by atoms with Crippen LogP contribution in [0.3, 0.4) is 0 Å². The van der Waals surface area contributed by atoms with Crippen LogP contribution in [0.2, 0.25) is 0 Å². The summed E-state index contributed by atoms with van der Waals surface area (Å²) in [5.41, 5.74) is 0.247. The summed E-state index contributed by atoms with van der Waals surface area (Å²) in [4.78, 5) is 11.5. The van der Waals surface area contributed by atoms with Gasteiger partial charge < -0.3 is 15.7 Å². The van der Waals surface area contributed by atoms with E-state index >= 15 is 0 Å². The highest BCUT2D eigenvalue weighted by Crippen LogP contribution is 2.13. The second-order valence-corrected chi connectivity index (χ2v) is 5.21. The fourth-order valence-electron chi connectivity index (χ4n) is 1.81. The summed E-state index contributed by atoms with van der Waals surface area (Å²) in [6.45, 7) is 4.08. The molecule has 2 unspecified atom stereocenters. The second kappa shape index (κ2) is 8.63. The van der Waals surface area contributed by atoms with Gasteiger partial charge in [0.2, 0.25) is 0 Å². The van der Waals surface area contributed by atoms with Gasteiger partial charge >= 0.3 is 6.03 Å². The molecule has 0 spiro atoms. The predicted octanol–water partition coefficient (Wildman–Crippen LogP) is 2.35. The van der Waals surface area contributed by atoms with Crippen LogP contribution in [0.15, 0.2) is 12.1 Å². The first kappa shape index (κ1) is 18.3. The Kier molecular flexibility index (Phi) is 7.17. The monoisotopic (exact) mass is 318 g/mol. The summed E-state index contributed by atoms with van der Waals surface area (Å²) in [5, 5.41) is 14.7. The molecule has 124 valence electrons. The van der Waals surface area contributed by atoms with Crippen molar-refractivity contribution < 1.29 is 23.1 Å². The average Bonchev–Trinajstić information content (AvgIpc) is 2.49. The van der Waals surface area contributed by atoms with E-state index in [0.29, 0.717) is 0 Å². The molecular formula is C15H21F3N2O2. The number of hydrogen-bond acceptors (Lipinski definition) is 2. The first-order valence-corrected chi connectivity index (χ1v) is 7.18. The molecular weight excluding hydrogens is 297 g/mol. The van der Waals surface area contributed by atoms with E-state index in [4.69, 9.17) is 0 Å². The van der Waals surface area contributed by atoms with E-state index in [1.807, 2.05) is 13.8 Å². The highest BCUT2D eigenvalue weighted by atomic mass is 19.2. The SMILES string of the molecule is CCC(C)C(O)CNC(=O)NCCc1cc(F)c(F)c(F)c1. The third-order valence-corrected chi connectivity index (χ3v) is 3.52. The summed E-state index contributed by atoms with van der Waals surface area (Å²) in [6.07, 6.45) is 0.331. The van der Waals surface area contributed by atoms with Gasteiger partial charge in [0.15, 0.2) is 17.5 Å². The van der Waals surface area contributed by atoms with Gasteiger partial charge in [0.25, 0.3) is 0 Å². The average molecular weight is 318 g/mol. The Bertz CT molecular complexity index is 489. The van der Waals surface area contributed by atoms with Crippen LogP contribution in [0, 0.1) is 23.4 Å². The summed E-state index contributed by atoms with van der Waals surface area (Å²) < 4.78 is 38.8. The third-order valence-electron chi connectivity index (χ3n) is 3.52. The van der Waals surface area contributed by atoms with Crippen LogP contribution in [0.5, 0.6) is 0 Å². The molecule has 0 aromatic heterocycles. The van der Waals surface area contributed by atoms with Crippen LogP contribution in [0.1, 0.15) is 25.8 Å². The van der Waals surface area contributed by atoms with Crippen molar-refractivity contribution in [2.45, 2.75) is 32.8 Å². The number of aliphatic hydroxyl groups is 1. The minimum Gasteiger partial charge on any atom is -0.391 e. The molecule has 4 nitrogen and oxygen atoms in total. The van der Waals surface area contributed by atoms with Gasteiger partial charge in [-0.3, -0.25) is 0 Å². The molecule has 0 aliphatic heterocycles. The van der Waals surface area contributed by atoms with Gasteiger partial charge in [-0.25, -0.2) is 18.0 Å². The van der Waals surface area contributed by atoms with E-state index in [1.54, 1.807) is 0 Å². The zero-order valence-electron chi connectivity index (χ0n) is 12.6. The lowest BCUT2D eigenvalue weighted by Crippen LogP contribution is -2.42. The fourth-order valence-corrected chi connectivity index (χ4v) is 1.81. The topological polar surface area (TPSA) is 61.4 Å². The summed E-state index contributed by atoms with van der Waals surface area (Å²) >= 11 is 0. The minimum atomic E-state index is -1.51. The standard InChI is InChI=1S/C15H21F3N2O2/c1-3-9(2)13(21)8-20-15(22)19-5-4-10-6-11(16)14(18)12(17)7-10/h6-7,9,13,21H,3-5,8H2,1-2H3,(H2,19,20,22). The van der Waals surface area contributed by atoms with Crippen molar-refractivity contribution >= 4 is 6.03 Å². The maximum Gasteiger partial charge on any atom is 0.314 e. The molecule has 2 atom stereocenters. The molecule has 1 rings (SSSR count). The van der Waals surface area contributed by atoms with Crippen molar-refractivity contribution in [3.63, 3.8) is 0 Å².